The first-order valence-corrected chi connectivity index (χ1v) is 3.49. The number of hydrogen-bond acceptors (Lipinski definition) is 3. The third-order valence-electron chi connectivity index (χ3n) is 1.59. The molecule has 0 fully saturated rings. The average Bonchev–Trinajstić information content (AvgIpc) is 2.03. The Morgan fingerprint density at radius 2 is 2.15 bits per heavy atom. The van der Waals surface area contributed by atoms with Gasteiger partial charge in [0.1, 0.15) is 17.6 Å². The van der Waals surface area contributed by atoms with Crippen LogP contribution in [0.3, 0.4) is 0 Å². The largest absolute Gasteiger partial charge is 0.508 e. The summed E-state index contributed by atoms with van der Waals surface area (Å²) in [5, 5.41) is 17.3. The maximum Gasteiger partial charge on any atom is 0.325 e. The number of carboxylic acids is 1. The minimum Gasteiger partial charge on any atom is -0.508 e. The lowest BCUT2D eigenvalue weighted by molar-refractivity contribution is -0.138. The zero-order valence-corrected chi connectivity index (χ0v) is 6.57. The van der Waals surface area contributed by atoms with Crippen molar-refractivity contribution in [2.24, 2.45) is 5.73 Å². The zero-order chi connectivity index (χ0) is 10.0. The number of benzene rings is 1. The molecule has 0 aliphatic rings. The lowest BCUT2D eigenvalue weighted by atomic mass is 10.1. The van der Waals surface area contributed by atoms with Gasteiger partial charge in [0.15, 0.2) is 0 Å². The van der Waals surface area contributed by atoms with Gasteiger partial charge in [-0.05, 0) is 6.07 Å². The quantitative estimate of drug-likeness (QED) is 0.630. The predicted octanol–water partition coefficient (Wildman–Crippen LogP) is 0.616. The molecule has 0 aliphatic carbocycles. The van der Waals surface area contributed by atoms with Gasteiger partial charge in [-0.25, -0.2) is 4.39 Å². The molecule has 0 radical (unpaired) electrons. The van der Waals surface area contributed by atoms with Crippen LogP contribution in [-0.4, -0.2) is 16.2 Å². The van der Waals surface area contributed by atoms with E-state index >= 15 is 0 Å². The number of hydrogen-bond donors (Lipinski definition) is 3. The maximum absolute atomic E-state index is 13.0. The minimum atomic E-state index is -1.40. The molecule has 1 atom stereocenters. The molecule has 4 nitrogen and oxygen atoms in total. The number of phenols is 1. The number of halogens is 1. The summed E-state index contributed by atoms with van der Waals surface area (Å²) in [6.45, 7) is 0. The van der Waals surface area contributed by atoms with Crippen LogP contribution in [0, 0.1) is 5.82 Å². The molecule has 0 bridgehead atoms. The van der Waals surface area contributed by atoms with Gasteiger partial charge in [0.2, 0.25) is 0 Å². The summed E-state index contributed by atoms with van der Waals surface area (Å²) in [4.78, 5) is 10.4. The minimum absolute atomic E-state index is 0.148. The van der Waals surface area contributed by atoms with Gasteiger partial charge in [-0.2, -0.15) is 0 Å². The Morgan fingerprint density at radius 1 is 1.54 bits per heavy atom. The molecule has 0 spiro atoms. The summed E-state index contributed by atoms with van der Waals surface area (Å²) in [6.07, 6.45) is 0. The molecule has 1 rings (SSSR count). The molecule has 5 heteroatoms. The highest BCUT2D eigenvalue weighted by molar-refractivity contribution is 5.75. The van der Waals surface area contributed by atoms with E-state index in [1.54, 1.807) is 0 Å². The molecule has 0 amide bonds. The summed E-state index contributed by atoms with van der Waals surface area (Å²) < 4.78 is 13.0. The second kappa shape index (κ2) is 3.40. The van der Waals surface area contributed by atoms with Crippen LogP contribution in [0.1, 0.15) is 11.6 Å². The van der Waals surface area contributed by atoms with Gasteiger partial charge in [0.25, 0.3) is 0 Å². The van der Waals surface area contributed by atoms with Gasteiger partial charge in [0.05, 0.1) is 0 Å². The second-order valence-electron chi connectivity index (χ2n) is 2.52. The Morgan fingerprint density at radius 3 is 2.62 bits per heavy atom. The van der Waals surface area contributed by atoms with E-state index in [2.05, 4.69) is 0 Å². The molecular weight excluding hydrogens is 177 g/mol. The van der Waals surface area contributed by atoms with Crippen molar-refractivity contribution in [3.63, 3.8) is 0 Å². The highest BCUT2D eigenvalue weighted by Crippen LogP contribution is 2.19. The van der Waals surface area contributed by atoms with Crippen LogP contribution in [0.4, 0.5) is 4.39 Å². The van der Waals surface area contributed by atoms with E-state index in [0.29, 0.717) is 0 Å². The number of nitrogens with two attached hydrogens (primary N) is 1. The molecule has 0 heterocycles. The Labute approximate surface area is 73.4 Å². The molecule has 4 N–H and O–H groups in total. The third kappa shape index (κ3) is 1.94. The molecule has 70 valence electrons. The van der Waals surface area contributed by atoms with E-state index in [1.807, 2.05) is 0 Å². The molecule has 0 aromatic heterocycles. The van der Waals surface area contributed by atoms with Crippen molar-refractivity contribution in [2.45, 2.75) is 6.04 Å². The number of phenolic OH excluding ortho intramolecular Hbond substituents is 1. The second-order valence-corrected chi connectivity index (χ2v) is 2.52. The predicted molar refractivity (Wildman–Crippen MR) is 42.6 cm³/mol. The lowest BCUT2D eigenvalue weighted by Crippen LogP contribution is -2.21. The summed E-state index contributed by atoms with van der Waals surface area (Å²) in [5.41, 5.74) is 5.02. The first-order valence-electron chi connectivity index (χ1n) is 3.49. The Balaban J connectivity index is 3.08. The van der Waals surface area contributed by atoms with Crippen molar-refractivity contribution in [2.75, 3.05) is 0 Å². The highest BCUT2D eigenvalue weighted by Gasteiger charge is 2.18. The van der Waals surface area contributed by atoms with Gasteiger partial charge in [-0.3, -0.25) is 4.79 Å². The van der Waals surface area contributed by atoms with E-state index in [4.69, 9.17) is 15.9 Å². The first kappa shape index (κ1) is 9.47. The number of aromatic hydroxyl groups is 1. The Hall–Kier alpha value is -1.62. The Bertz CT molecular complexity index is 340. The van der Waals surface area contributed by atoms with Crippen molar-refractivity contribution in [3.05, 3.63) is 29.6 Å². The topological polar surface area (TPSA) is 83.6 Å². The number of aliphatic carboxylic acids is 1. The molecular formula is C8H8FNO3. The van der Waals surface area contributed by atoms with Crippen LogP contribution in [0.2, 0.25) is 0 Å². The van der Waals surface area contributed by atoms with E-state index in [0.717, 1.165) is 12.1 Å². The van der Waals surface area contributed by atoms with Crippen molar-refractivity contribution < 1.29 is 19.4 Å². The van der Waals surface area contributed by atoms with E-state index in [9.17, 15) is 9.18 Å². The number of rotatable bonds is 2. The normalized spacial score (nSPS) is 12.5. The number of carboxylic acid groups (broad SMARTS) is 1. The van der Waals surface area contributed by atoms with Crippen molar-refractivity contribution >= 4 is 5.97 Å². The van der Waals surface area contributed by atoms with E-state index < -0.39 is 17.8 Å². The van der Waals surface area contributed by atoms with Crippen LogP contribution < -0.4 is 5.73 Å². The fourth-order valence-electron chi connectivity index (χ4n) is 0.901. The fourth-order valence-corrected chi connectivity index (χ4v) is 0.901. The van der Waals surface area contributed by atoms with E-state index in [1.165, 1.54) is 6.07 Å². The van der Waals surface area contributed by atoms with Crippen LogP contribution in [0.5, 0.6) is 5.75 Å². The first-order chi connectivity index (χ1) is 6.02. The van der Waals surface area contributed by atoms with Crippen molar-refractivity contribution in [1.29, 1.82) is 0 Å². The monoisotopic (exact) mass is 185 g/mol. The SMILES string of the molecule is N[C@@H](C(=O)O)c1ccc(O)cc1F. The lowest BCUT2D eigenvalue weighted by Gasteiger charge is -2.07. The smallest absolute Gasteiger partial charge is 0.325 e. The highest BCUT2D eigenvalue weighted by atomic mass is 19.1. The maximum atomic E-state index is 13.0. The summed E-state index contributed by atoms with van der Waals surface area (Å²) in [6, 6.07) is 1.74. The zero-order valence-electron chi connectivity index (χ0n) is 6.57. The number of carbonyl (C=O) groups is 1. The third-order valence-corrected chi connectivity index (χ3v) is 1.59. The van der Waals surface area contributed by atoms with Crippen LogP contribution >= 0.6 is 0 Å². The molecule has 0 aliphatic heterocycles. The standard InChI is InChI=1S/C8H8FNO3/c9-6-3-4(11)1-2-5(6)7(10)8(12)13/h1-3,7,11H,10H2,(H,12,13)/t7-/m1/s1. The Kier molecular flexibility index (Phi) is 2.48. The van der Waals surface area contributed by atoms with Crippen LogP contribution in [-0.2, 0) is 4.79 Å². The van der Waals surface area contributed by atoms with Crippen molar-refractivity contribution in [1.82, 2.24) is 0 Å². The summed E-state index contributed by atoms with van der Waals surface area (Å²) in [5.74, 6) is -2.40. The van der Waals surface area contributed by atoms with Gasteiger partial charge in [-0.15, -0.1) is 0 Å². The molecule has 1 aromatic carbocycles. The van der Waals surface area contributed by atoms with E-state index in [-0.39, 0.29) is 11.3 Å². The summed E-state index contributed by atoms with van der Waals surface area (Å²) in [7, 11) is 0. The van der Waals surface area contributed by atoms with Crippen molar-refractivity contribution in [3.8, 4) is 5.75 Å². The molecule has 0 unspecified atom stereocenters. The fraction of sp³-hybridized carbons (Fsp3) is 0.125. The van der Waals surface area contributed by atoms with Crippen LogP contribution in [0.25, 0.3) is 0 Å². The average molecular weight is 185 g/mol. The molecule has 0 saturated carbocycles. The van der Waals surface area contributed by atoms with Crippen LogP contribution in [0.15, 0.2) is 18.2 Å². The van der Waals surface area contributed by atoms with Gasteiger partial charge in [0, 0.05) is 11.6 Å². The summed E-state index contributed by atoms with van der Waals surface area (Å²) >= 11 is 0. The van der Waals surface area contributed by atoms with Gasteiger partial charge >= 0.3 is 5.97 Å². The van der Waals surface area contributed by atoms with Gasteiger partial charge in [-0.1, -0.05) is 6.07 Å². The molecule has 1 aromatic rings. The molecule has 13 heavy (non-hydrogen) atoms. The molecule has 0 saturated heterocycles. The van der Waals surface area contributed by atoms with Gasteiger partial charge < -0.3 is 15.9 Å².